The molecule has 17 heavy (non-hydrogen) atoms. The second kappa shape index (κ2) is 3.70. The van der Waals surface area contributed by atoms with Crippen molar-refractivity contribution in [3.8, 4) is 10.6 Å². The number of methoxy groups -OCH3 is 1. The van der Waals surface area contributed by atoms with Crippen LogP contribution in [0.3, 0.4) is 0 Å². The first-order valence-corrected chi connectivity index (χ1v) is 6.32. The maximum Gasteiger partial charge on any atom is 0.317 e. The van der Waals surface area contributed by atoms with E-state index in [0.29, 0.717) is 0 Å². The number of carbonyl (C=O) groups excluding carboxylic acids is 1. The average molecular weight is 248 g/mol. The van der Waals surface area contributed by atoms with Crippen molar-refractivity contribution in [3.63, 3.8) is 0 Å². The van der Waals surface area contributed by atoms with E-state index in [4.69, 9.17) is 4.74 Å². The number of thiazole rings is 1. The number of rotatable bonds is 3. The Bertz CT molecular complexity index is 541. The number of carbonyl (C=O) groups is 1. The van der Waals surface area contributed by atoms with E-state index < -0.39 is 5.41 Å². The summed E-state index contributed by atoms with van der Waals surface area (Å²) in [6, 6.07) is 1.97. The summed E-state index contributed by atoms with van der Waals surface area (Å²) in [4.78, 5) is 19.3. The largest absolute Gasteiger partial charge is 0.468 e. The van der Waals surface area contributed by atoms with Crippen LogP contribution in [0.4, 0.5) is 0 Å². The van der Waals surface area contributed by atoms with Crippen LogP contribution in [0.1, 0.15) is 18.5 Å². The van der Waals surface area contributed by atoms with Gasteiger partial charge in [0.25, 0.3) is 0 Å². The normalized spacial score (nSPS) is 16.8. The van der Waals surface area contributed by atoms with E-state index in [1.807, 2.05) is 23.8 Å². The van der Waals surface area contributed by atoms with Crippen LogP contribution >= 0.6 is 11.3 Å². The van der Waals surface area contributed by atoms with Crippen LogP contribution in [0.25, 0.3) is 10.6 Å². The zero-order chi connectivity index (χ0) is 11.9. The summed E-state index contributed by atoms with van der Waals surface area (Å²) >= 11 is 1.56. The van der Waals surface area contributed by atoms with Gasteiger partial charge in [-0.2, -0.15) is 0 Å². The molecule has 0 radical (unpaired) electrons. The maximum atomic E-state index is 11.7. The molecule has 0 unspecified atom stereocenters. The van der Waals surface area contributed by atoms with Crippen LogP contribution in [-0.4, -0.2) is 23.0 Å². The van der Waals surface area contributed by atoms with E-state index in [2.05, 4.69) is 9.97 Å². The minimum Gasteiger partial charge on any atom is -0.468 e. The first-order valence-electron chi connectivity index (χ1n) is 5.44. The molecule has 1 aliphatic carbocycles. The number of nitrogens with zero attached hydrogens (tertiary/aromatic N) is 1. The van der Waals surface area contributed by atoms with E-state index in [-0.39, 0.29) is 5.97 Å². The molecule has 2 aromatic heterocycles. The van der Waals surface area contributed by atoms with Gasteiger partial charge < -0.3 is 9.72 Å². The molecule has 0 atom stereocenters. The van der Waals surface area contributed by atoms with Crippen molar-refractivity contribution >= 4 is 17.3 Å². The summed E-state index contributed by atoms with van der Waals surface area (Å²) in [5.41, 5.74) is 1.45. The van der Waals surface area contributed by atoms with E-state index in [1.54, 1.807) is 11.3 Å². The highest BCUT2D eigenvalue weighted by Gasteiger charge is 2.54. The van der Waals surface area contributed by atoms with Crippen LogP contribution in [0.2, 0.25) is 0 Å². The van der Waals surface area contributed by atoms with Gasteiger partial charge in [0.15, 0.2) is 0 Å². The van der Waals surface area contributed by atoms with E-state index in [1.165, 1.54) is 7.11 Å². The second-order valence-corrected chi connectivity index (χ2v) is 5.07. The van der Waals surface area contributed by atoms with Gasteiger partial charge >= 0.3 is 5.97 Å². The zero-order valence-electron chi connectivity index (χ0n) is 9.40. The van der Waals surface area contributed by atoms with Crippen LogP contribution in [-0.2, 0) is 14.9 Å². The Labute approximate surface area is 103 Å². The van der Waals surface area contributed by atoms with Crippen molar-refractivity contribution in [3.05, 3.63) is 29.5 Å². The standard InChI is InChI=1S/C12H12N2O2S/c1-16-11(15)12(3-4-12)9-7-17-10(14-9)8-2-5-13-6-8/h2,5-7,13H,3-4H2,1H3. The summed E-state index contributed by atoms with van der Waals surface area (Å²) in [6.45, 7) is 0. The molecule has 0 aromatic carbocycles. The quantitative estimate of drug-likeness (QED) is 0.848. The highest BCUT2D eigenvalue weighted by molar-refractivity contribution is 7.13. The number of hydrogen-bond acceptors (Lipinski definition) is 4. The fourth-order valence-corrected chi connectivity index (χ4v) is 2.88. The molecule has 2 heterocycles. The molecule has 0 spiro atoms. The van der Waals surface area contributed by atoms with E-state index >= 15 is 0 Å². The Hall–Kier alpha value is -1.62. The highest BCUT2D eigenvalue weighted by atomic mass is 32.1. The van der Waals surface area contributed by atoms with Gasteiger partial charge in [-0.05, 0) is 18.9 Å². The maximum absolute atomic E-state index is 11.7. The lowest BCUT2D eigenvalue weighted by atomic mass is 10.0. The Morgan fingerprint density at radius 2 is 2.41 bits per heavy atom. The molecule has 1 saturated carbocycles. The molecule has 1 N–H and O–H groups in total. The second-order valence-electron chi connectivity index (χ2n) is 4.21. The number of ether oxygens (including phenoxy) is 1. The molecular weight excluding hydrogens is 236 g/mol. The molecule has 2 aromatic rings. The Morgan fingerprint density at radius 1 is 1.59 bits per heavy atom. The molecule has 5 heteroatoms. The molecule has 0 bridgehead atoms. The van der Waals surface area contributed by atoms with Crippen molar-refractivity contribution in [2.45, 2.75) is 18.3 Å². The fraction of sp³-hybridized carbons (Fsp3) is 0.333. The molecule has 0 aliphatic heterocycles. The van der Waals surface area contributed by atoms with Crippen molar-refractivity contribution < 1.29 is 9.53 Å². The van der Waals surface area contributed by atoms with Gasteiger partial charge in [-0.1, -0.05) is 0 Å². The zero-order valence-corrected chi connectivity index (χ0v) is 10.2. The van der Waals surface area contributed by atoms with E-state index in [9.17, 15) is 4.79 Å². The van der Waals surface area contributed by atoms with Crippen molar-refractivity contribution in [1.29, 1.82) is 0 Å². The molecule has 3 rings (SSSR count). The summed E-state index contributed by atoms with van der Waals surface area (Å²) in [5, 5.41) is 2.91. The number of aromatic amines is 1. The molecule has 0 amide bonds. The number of esters is 1. The van der Waals surface area contributed by atoms with Gasteiger partial charge in [-0.3, -0.25) is 4.79 Å². The van der Waals surface area contributed by atoms with Gasteiger partial charge in [0.2, 0.25) is 0 Å². The van der Waals surface area contributed by atoms with Crippen molar-refractivity contribution in [2.75, 3.05) is 7.11 Å². The molecule has 1 aliphatic rings. The Morgan fingerprint density at radius 3 is 3.00 bits per heavy atom. The molecule has 88 valence electrons. The number of hydrogen-bond donors (Lipinski definition) is 1. The lowest BCUT2D eigenvalue weighted by Gasteiger charge is -2.08. The molecule has 1 fully saturated rings. The van der Waals surface area contributed by atoms with Crippen molar-refractivity contribution in [2.24, 2.45) is 0 Å². The van der Waals surface area contributed by atoms with Gasteiger partial charge in [0.05, 0.1) is 12.8 Å². The van der Waals surface area contributed by atoms with E-state index in [0.717, 1.165) is 29.1 Å². The minimum atomic E-state index is -0.459. The van der Waals surface area contributed by atoms with Crippen LogP contribution < -0.4 is 0 Å². The summed E-state index contributed by atoms with van der Waals surface area (Å²) < 4.78 is 4.85. The van der Waals surface area contributed by atoms with Crippen LogP contribution in [0.5, 0.6) is 0 Å². The van der Waals surface area contributed by atoms with Gasteiger partial charge in [-0.25, -0.2) is 4.98 Å². The summed E-state index contributed by atoms with van der Waals surface area (Å²) in [6.07, 6.45) is 5.45. The van der Waals surface area contributed by atoms with Crippen LogP contribution in [0, 0.1) is 0 Å². The lowest BCUT2D eigenvalue weighted by Crippen LogP contribution is -2.22. The summed E-state index contributed by atoms with van der Waals surface area (Å²) in [5.74, 6) is -0.164. The van der Waals surface area contributed by atoms with Crippen molar-refractivity contribution in [1.82, 2.24) is 9.97 Å². The average Bonchev–Trinajstić information content (AvgIpc) is 2.84. The predicted molar refractivity (Wildman–Crippen MR) is 64.8 cm³/mol. The minimum absolute atomic E-state index is 0.164. The SMILES string of the molecule is COC(=O)C1(c2csc(-c3cc[nH]c3)n2)CC1. The fourth-order valence-electron chi connectivity index (χ4n) is 1.97. The smallest absolute Gasteiger partial charge is 0.317 e. The van der Waals surface area contributed by atoms with Gasteiger partial charge in [0.1, 0.15) is 10.4 Å². The number of aromatic nitrogens is 2. The first kappa shape index (κ1) is 10.5. The number of H-pyrrole nitrogens is 1. The predicted octanol–water partition coefficient (Wildman–Crippen LogP) is 2.34. The Kier molecular flexibility index (Phi) is 2.29. The molecular formula is C12H12N2O2S. The third-order valence-electron chi connectivity index (χ3n) is 3.17. The number of nitrogens with one attached hydrogen (secondary N) is 1. The topological polar surface area (TPSA) is 55.0 Å². The first-order chi connectivity index (χ1) is 8.26. The third-order valence-corrected chi connectivity index (χ3v) is 4.06. The lowest BCUT2D eigenvalue weighted by molar-refractivity contribution is -0.143. The third kappa shape index (κ3) is 1.58. The van der Waals surface area contributed by atoms with Gasteiger partial charge in [0, 0.05) is 23.3 Å². The highest BCUT2D eigenvalue weighted by Crippen LogP contribution is 2.49. The monoisotopic (exact) mass is 248 g/mol. The molecule has 4 nitrogen and oxygen atoms in total. The summed E-state index contributed by atoms with van der Waals surface area (Å²) in [7, 11) is 1.43. The Balaban J connectivity index is 1.94. The van der Waals surface area contributed by atoms with Gasteiger partial charge in [-0.15, -0.1) is 11.3 Å². The molecule has 0 saturated heterocycles. The van der Waals surface area contributed by atoms with Crippen LogP contribution in [0.15, 0.2) is 23.8 Å².